The minimum atomic E-state index is -0.444. The number of likely N-dealkylation sites (tertiary alicyclic amines) is 1. The highest BCUT2D eigenvalue weighted by atomic mass is 35.5. The number of carbonyl (C=O) groups is 3. The summed E-state index contributed by atoms with van der Waals surface area (Å²) < 4.78 is 0. The maximum Gasteiger partial charge on any atom is 0.255 e. The number of hydrogen-bond acceptors (Lipinski definition) is 3. The zero-order valence-corrected chi connectivity index (χ0v) is 14.1. The maximum atomic E-state index is 12.7. The van der Waals surface area contributed by atoms with Crippen LogP contribution < -0.4 is 10.6 Å². The Bertz CT molecular complexity index is 654. The summed E-state index contributed by atoms with van der Waals surface area (Å²) in [7, 11) is 0. The van der Waals surface area contributed by atoms with Gasteiger partial charge in [0.15, 0.2) is 0 Å². The first-order valence-corrected chi connectivity index (χ1v) is 8.18. The number of hydrogen-bond donors (Lipinski definition) is 2. The van der Waals surface area contributed by atoms with Gasteiger partial charge < -0.3 is 15.5 Å². The van der Waals surface area contributed by atoms with Crippen LogP contribution in [0.1, 0.15) is 29.6 Å². The number of rotatable bonds is 5. The zero-order chi connectivity index (χ0) is 17.5. The van der Waals surface area contributed by atoms with Crippen molar-refractivity contribution in [1.82, 2.24) is 10.2 Å². The molecule has 1 fully saturated rings. The highest BCUT2D eigenvalue weighted by Gasteiger charge is 2.21. The van der Waals surface area contributed by atoms with Crippen molar-refractivity contribution >= 4 is 35.0 Å². The second kappa shape index (κ2) is 8.49. The number of nitrogens with zero attached hydrogens (tertiary/aromatic N) is 1. The van der Waals surface area contributed by atoms with Crippen molar-refractivity contribution in [1.29, 1.82) is 0 Å². The zero-order valence-electron chi connectivity index (χ0n) is 13.3. The Labute approximate surface area is 145 Å². The molecule has 1 heterocycles. The molecule has 0 unspecified atom stereocenters. The Morgan fingerprint density at radius 1 is 1.21 bits per heavy atom. The van der Waals surface area contributed by atoms with E-state index in [0.29, 0.717) is 29.4 Å². The van der Waals surface area contributed by atoms with Crippen LogP contribution >= 0.6 is 11.6 Å². The summed E-state index contributed by atoms with van der Waals surface area (Å²) in [6.07, 6.45) is 4.16. The lowest BCUT2D eigenvalue weighted by molar-refractivity contribution is -0.121. The number of amides is 3. The Balaban J connectivity index is 2.12. The molecule has 2 rings (SSSR count). The lowest BCUT2D eigenvalue weighted by Gasteiger charge is -2.27. The van der Waals surface area contributed by atoms with Gasteiger partial charge >= 0.3 is 0 Å². The van der Waals surface area contributed by atoms with Crippen molar-refractivity contribution in [3.05, 3.63) is 41.4 Å². The van der Waals surface area contributed by atoms with E-state index in [2.05, 4.69) is 17.2 Å². The maximum absolute atomic E-state index is 12.7. The third-order valence-electron chi connectivity index (χ3n) is 3.74. The van der Waals surface area contributed by atoms with Crippen LogP contribution in [0.3, 0.4) is 0 Å². The molecule has 2 N–H and O–H groups in total. The summed E-state index contributed by atoms with van der Waals surface area (Å²) >= 11 is 5.98. The van der Waals surface area contributed by atoms with Gasteiger partial charge in [0.25, 0.3) is 5.91 Å². The first-order valence-electron chi connectivity index (χ1n) is 7.80. The first kappa shape index (κ1) is 18.0. The van der Waals surface area contributed by atoms with Gasteiger partial charge in [0.1, 0.15) is 0 Å². The van der Waals surface area contributed by atoms with E-state index >= 15 is 0 Å². The molecule has 1 aromatic carbocycles. The highest BCUT2D eigenvalue weighted by molar-refractivity contribution is 6.31. The summed E-state index contributed by atoms with van der Waals surface area (Å²) in [5, 5.41) is 5.43. The van der Waals surface area contributed by atoms with Crippen LogP contribution in [0.15, 0.2) is 30.9 Å². The molecule has 0 radical (unpaired) electrons. The number of anilines is 1. The average molecular weight is 350 g/mol. The molecule has 0 atom stereocenters. The molecule has 0 bridgehead atoms. The van der Waals surface area contributed by atoms with Gasteiger partial charge in [0.05, 0.1) is 17.8 Å². The van der Waals surface area contributed by atoms with E-state index in [1.54, 1.807) is 17.0 Å². The summed E-state index contributed by atoms with van der Waals surface area (Å²) in [5.74, 6) is -1.02. The summed E-state index contributed by atoms with van der Waals surface area (Å²) in [5.41, 5.74) is 0.737. The molecule has 1 aliphatic rings. The van der Waals surface area contributed by atoms with Crippen LogP contribution in [-0.4, -0.2) is 42.3 Å². The molecule has 24 heavy (non-hydrogen) atoms. The van der Waals surface area contributed by atoms with Crippen LogP contribution in [0, 0.1) is 0 Å². The monoisotopic (exact) mass is 349 g/mol. The van der Waals surface area contributed by atoms with Crippen molar-refractivity contribution in [3.8, 4) is 0 Å². The second-order valence-electron chi connectivity index (χ2n) is 5.51. The smallest absolute Gasteiger partial charge is 0.255 e. The predicted octanol–water partition coefficient (Wildman–Crippen LogP) is 2.21. The van der Waals surface area contributed by atoms with E-state index in [9.17, 15) is 14.4 Å². The van der Waals surface area contributed by atoms with Crippen molar-refractivity contribution in [2.75, 3.05) is 25.0 Å². The number of carbonyl (C=O) groups excluding carboxylic acids is 3. The number of nitrogens with one attached hydrogen (secondary N) is 2. The molecule has 0 aromatic heterocycles. The Morgan fingerprint density at radius 2 is 1.92 bits per heavy atom. The number of benzene rings is 1. The van der Waals surface area contributed by atoms with Crippen molar-refractivity contribution in [2.45, 2.75) is 19.3 Å². The topological polar surface area (TPSA) is 78.5 Å². The van der Waals surface area contributed by atoms with Gasteiger partial charge in [-0.1, -0.05) is 18.2 Å². The van der Waals surface area contributed by atoms with Crippen LogP contribution in [0.25, 0.3) is 0 Å². The van der Waals surface area contributed by atoms with E-state index in [0.717, 1.165) is 25.3 Å². The molecule has 0 spiro atoms. The van der Waals surface area contributed by atoms with E-state index in [1.165, 1.54) is 6.07 Å². The molecule has 7 heteroatoms. The summed E-state index contributed by atoms with van der Waals surface area (Å²) in [4.78, 5) is 37.5. The molecule has 1 aromatic rings. The standard InChI is InChI=1S/C17H20ClN3O3/c1-2-15(22)19-11-16(23)20-14-10-12(18)6-7-13(14)17(24)21-8-4-3-5-9-21/h2,6-7,10H,1,3-5,8-9,11H2,(H,19,22)(H,20,23). The number of piperidine rings is 1. The van der Waals surface area contributed by atoms with Crippen molar-refractivity contribution in [3.63, 3.8) is 0 Å². The van der Waals surface area contributed by atoms with E-state index in [4.69, 9.17) is 11.6 Å². The largest absolute Gasteiger partial charge is 0.343 e. The van der Waals surface area contributed by atoms with Gasteiger partial charge in [-0.3, -0.25) is 14.4 Å². The first-order chi connectivity index (χ1) is 11.5. The van der Waals surface area contributed by atoms with Gasteiger partial charge in [-0.05, 0) is 43.5 Å². The summed E-state index contributed by atoms with van der Waals surface area (Å²) in [6.45, 7) is 4.52. The highest BCUT2D eigenvalue weighted by Crippen LogP contribution is 2.24. The minimum absolute atomic E-state index is 0.128. The molecule has 0 saturated carbocycles. The predicted molar refractivity (Wildman–Crippen MR) is 93.0 cm³/mol. The fourth-order valence-electron chi connectivity index (χ4n) is 2.51. The van der Waals surface area contributed by atoms with Crippen LogP contribution in [0.4, 0.5) is 5.69 Å². The fraction of sp³-hybridized carbons (Fsp3) is 0.353. The van der Waals surface area contributed by atoms with E-state index in [-0.39, 0.29) is 12.5 Å². The molecule has 128 valence electrons. The molecule has 1 saturated heterocycles. The van der Waals surface area contributed by atoms with Gasteiger partial charge in [0.2, 0.25) is 11.8 Å². The van der Waals surface area contributed by atoms with Gasteiger partial charge in [-0.15, -0.1) is 0 Å². The molecule has 6 nitrogen and oxygen atoms in total. The fourth-order valence-corrected chi connectivity index (χ4v) is 2.68. The molecular weight excluding hydrogens is 330 g/mol. The van der Waals surface area contributed by atoms with Crippen molar-refractivity contribution in [2.24, 2.45) is 0 Å². The summed E-state index contributed by atoms with van der Waals surface area (Å²) in [6, 6.07) is 4.76. The Morgan fingerprint density at radius 3 is 2.58 bits per heavy atom. The third-order valence-corrected chi connectivity index (χ3v) is 3.97. The SMILES string of the molecule is C=CC(=O)NCC(=O)Nc1cc(Cl)ccc1C(=O)N1CCCCC1. The second-order valence-corrected chi connectivity index (χ2v) is 5.95. The minimum Gasteiger partial charge on any atom is -0.343 e. The Kier molecular flexibility index (Phi) is 6.37. The number of halogens is 1. The van der Waals surface area contributed by atoms with Crippen LogP contribution in [0.2, 0.25) is 5.02 Å². The van der Waals surface area contributed by atoms with Gasteiger partial charge in [-0.25, -0.2) is 0 Å². The van der Waals surface area contributed by atoms with E-state index in [1.807, 2.05) is 0 Å². The molecule has 0 aliphatic carbocycles. The van der Waals surface area contributed by atoms with E-state index < -0.39 is 11.8 Å². The third kappa shape index (κ3) is 4.83. The normalized spacial score (nSPS) is 14.0. The molecule has 3 amide bonds. The van der Waals surface area contributed by atoms with Crippen LogP contribution in [0.5, 0.6) is 0 Å². The molecule has 1 aliphatic heterocycles. The van der Waals surface area contributed by atoms with Crippen LogP contribution in [-0.2, 0) is 9.59 Å². The lowest BCUT2D eigenvalue weighted by Crippen LogP contribution is -2.36. The molecular formula is C17H20ClN3O3. The van der Waals surface area contributed by atoms with Crippen molar-refractivity contribution < 1.29 is 14.4 Å². The average Bonchev–Trinajstić information content (AvgIpc) is 2.60. The lowest BCUT2D eigenvalue weighted by atomic mass is 10.1. The Hall–Kier alpha value is -2.34. The van der Waals surface area contributed by atoms with Gasteiger partial charge in [0, 0.05) is 18.1 Å². The van der Waals surface area contributed by atoms with Gasteiger partial charge in [-0.2, -0.15) is 0 Å². The quantitative estimate of drug-likeness (QED) is 0.800.